The van der Waals surface area contributed by atoms with E-state index in [0.29, 0.717) is 6.54 Å². The molecule has 0 aliphatic carbocycles. The number of urea groups is 1. The molecule has 0 spiro atoms. The van der Waals surface area contributed by atoms with Crippen LogP contribution in [-0.4, -0.2) is 30.8 Å². The first kappa shape index (κ1) is 12.5. The second-order valence-corrected chi connectivity index (χ2v) is 5.41. The van der Waals surface area contributed by atoms with Crippen molar-refractivity contribution in [3.63, 3.8) is 0 Å². The highest BCUT2D eigenvalue weighted by Crippen LogP contribution is 2.21. The Morgan fingerprint density at radius 3 is 2.73 bits per heavy atom. The summed E-state index contributed by atoms with van der Waals surface area (Å²) in [6.45, 7) is 0.853. The molecule has 1 aromatic heterocycles. The van der Waals surface area contributed by atoms with Crippen molar-refractivity contribution in [1.82, 2.24) is 10.6 Å². The molecule has 0 atom stereocenters. The summed E-state index contributed by atoms with van der Waals surface area (Å²) in [7, 11) is 0. The average molecular weight is 293 g/mol. The van der Waals surface area contributed by atoms with Gasteiger partial charge in [0.25, 0.3) is 0 Å². The molecule has 1 heterocycles. The molecule has 0 bridgehead atoms. The summed E-state index contributed by atoms with van der Waals surface area (Å²) in [5, 5.41) is 13.7. The minimum atomic E-state index is -0.236. The Bertz CT molecular complexity index is 317. The number of hydrogen-bond donors (Lipinski definition) is 3. The first-order chi connectivity index (χ1) is 7.22. The van der Waals surface area contributed by atoms with Gasteiger partial charge in [0.05, 0.1) is 10.4 Å². The number of aliphatic hydroxyl groups excluding tert-OH is 1. The van der Waals surface area contributed by atoms with Crippen molar-refractivity contribution in [2.24, 2.45) is 0 Å². The molecular formula is C9H13BrN2O2S. The smallest absolute Gasteiger partial charge is 0.314 e. The van der Waals surface area contributed by atoms with Crippen molar-refractivity contribution < 1.29 is 9.90 Å². The van der Waals surface area contributed by atoms with Crippen LogP contribution in [0.4, 0.5) is 4.79 Å². The third-order valence-electron chi connectivity index (χ3n) is 1.68. The summed E-state index contributed by atoms with van der Waals surface area (Å²) in [4.78, 5) is 12.3. The molecule has 6 heteroatoms. The summed E-state index contributed by atoms with van der Waals surface area (Å²) >= 11 is 5.04. The molecule has 0 aromatic carbocycles. The van der Waals surface area contributed by atoms with Gasteiger partial charge in [0.15, 0.2) is 0 Å². The Morgan fingerprint density at radius 1 is 1.40 bits per heavy atom. The zero-order chi connectivity index (χ0) is 11.1. The van der Waals surface area contributed by atoms with E-state index in [9.17, 15) is 4.79 Å². The fourth-order valence-electron chi connectivity index (χ4n) is 1.02. The van der Waals surface area contributed by atoms with E-state index in [1.54, 1.807) is 11.3 Å². The van der Waals surface area contributed by atoms with Gasteiger partial charge in [-0.1, -0.05) is 0 Å². The van der Waals surface area contributed by atoms with Gasteiger partial charge in [-0.25, -0.2) is 4.79 Å². The lowest BCUT2D eigenvalue weighted by molar-refractivity contribution is 0.234. The minimum Gasteiger partial charge on any atom is -0.395 e. The molecule has 0 saturated carbocycles. The Hall–Kier alpha value is -0.590. The molecule has 4 nitrogen and oxygen atoms in total. The summed E-state index contributed by atoms with van der Waals surface area (Å²) in [6.07, 6.45) is 0.822. The first-order valence-corrected chi connectivity index (χ1v) is 6.20. The van der Waals surface area contributed by atoms with Gasteiger partial charge in [0.1, 0.15) is 0 Å². The lowest BCUT2D eigenvalue weighted by Gasteiger charge is -2.04. The second kappa shape index (κ2) is 6.81. The molecule has 2 amide bonds. The van der Waals surface area contributed by atoms with Crippen LogP contribution in [0.3, 0.4) is 0 Å². The highest BCUT2D eigenvalue weighted by Gasteiger charge is 2.00. The highest BCUT2D eigenvalue weighted by atomic mass is 79.9. The number of halogens is 1. The summed E-state index contributed by atoms with van der Waals surface area (Å²) in [5.41, 5.74) is 0. The largest absolute Gasteiger partial charge is 0.395 e. The molecule has 0 unspecified atom stereocenters. The Labute approximate surface area is 101 Å². The third-order valence-corrected chi connectivity index (χ3v) is 3.37. The van der Waals surface area contributed by atoms with Crippen LogP contribution < -0.4 is 10.6 Å². The van der Waals surface area contributed by atoms with E-state index in [0.717, 1.165) is 10.2 Å². The second-order valence-electron chi connectivity index (χ2n) is 2.86. The van der Waals surface area contributed by atoms with E-state index in [-0.39, 0.29) is 19.2 Å². The molecule has 0 fully saturated rings. The highest BCUT2D eigenvalue weighted by molar-refractivity contribution is 9.11. The Morgan fingerprint density at radius 2 is 2.13 bits per heavy atom. The van der Waals surface area contributed by atoms with E-state index < -0.39 is 0 Å². The molecular weight excluding hydrogens is 280 g/mol. The molecule has 0 saturated heterocycles. The predicted octanol–water partition coefficient (Wildman–Crippen LogP) is 1.34. The van der Waals surface area contributed by atoms with Crippen LogP contribution >= 0.6 is 27.3 Å². The van der Waals surface area contributed by atoms with Crippen molar-refractivity contribution in [2.45, 2.75) is 6.42 Å². The monoisotopic (exact) mass is 292 g/mol. The van der Waals surface area contributed by atoms with Crippen molar-refractivity contribution in [3.05, 3.63) is 20.8 Å². The molecule has 3 N–H and O–H groups in total. The number of amides is 2. The van der Waals surface area contributed by atoms with E-state index in [1.165, 1.54) is 4.88 Å². The normalized spacial score (nSPS) is 10.0. The summed E-state index contributed by atoms with van der Waals surface area (Å²) < 4.78 is 1.10. The molecule has 84 valence electrons. The number of nitrogens with one attached hydrogen (secondary N) is 2. The predicted molar refractivity (Wildman–Crippen MR) is 64.2 cm³/mol. The van der Waals surface area contributed by atoms with Crippen molar-refractivity contribution >= 4 is 33.3 Å². The van der Waals surface area contributed by atoms with Crippen molar-refractivity contribution in [3.8, 4) is 0 Å². The number of carbonyl (C=O) groups excluding carboxylic acids is 1. The van der Waals surface area contributed by atoms with Crippen LogP contribution in [0.2, 0.25) is 0 Å². The number of rotatable bonds is 5. The van der Waals surface area contributed by atoms with Crippen LogP contribution in [0.1, 0.15) is 4.88 Å². The Balaban J connectivity index is 2.13. The number of carbonyl (C=O) groups is 1. The van der Waals surface area contributed by atoms with Gasteiger partial charge >= 0.3 is 6.03 Å². The molecule has 15 heavy (non-hydrogen) atoms. The van der Waals surface area contributed by atoms with Gasteiger partial charge in [-0.15, -0.1) is 11.3 Å². The van der Waals surface area contributed by atoms with Gasteiger partial charge in [0, 0.05) is 18.0 Å². The SMILES string of the molecule is O=C(NCCO)NCCc1ccc(Br)s1. The van der Waals surface area contributed by atoms with Crippen LogP contribution in [-0.2, 0) is 6.42 Å². The fourth-order valence-corrected chi connectivity index (χ4v) is 2.50. The quantitative estimate of drug-likeness (QED) is 0.767. The summed E-state index contributed by atoms with van der Waals surface area (Å²) in [6, 6.07) is 3.79. The molecule has 0 radical (unpaired) electrons. The topological polar surface area (TPSA) is 61.4 Å². The average Bonchev–Trinajstić information content (AvgIpc) is 2.61. The van der Waals surface area contributed by atoms with Crippen molar-refractivity contribution in [1.29, 1.82) is 0 Å². The van der Waals surface area contributed by atoms with Gasteiger partial charge in [-0.3, -0.25) is 0 Å². The first-order valence-electron chi connectivity index (χ1n) is 4.59. The lowest BCUT2D eigenvalue weighted by atomic mass is 10.3. The van der Waals surface area contributed by atoms with E-state index >= 15 is 0 Å². The zero-order valence-electron chi connectivity index (χ0n) is 8.12. The Kier molecular flexibility index (Phi) is 5.67. The molecule has 0 aliphatic rings. The fraction of sp³-hybridized carbons (Fsp3) is 0.444. The van der Waals surface area contributed by atoms with Gasteiger partial charge in [-0.2, -0.15) is 0 Å². The van der Waals surface area contributed by atoms with Crippen LogP contribution in [0.5, 0.6) is 0 Å². The van der Waals surface area contributed by atoms with Crippen LogP contribution in [0.15, 0.2) is 15.9 Å². The summed E-state index contributed by atoms with van der Waals surface area (Å²) in [5.74, 6) is 0. The van der Waals surface area contributed by atoms with Crippen LogP contribution in [0.25, 0.3) is 0 Å². The minimum absolute atomic E-state index is 0.0364. The van der Waals surface area contributed by atoms with E-state index in [2.05, 4.69) is 26.6 Å². The maximum absolute atomic E-state index is 11.1. The van der Waals surface area contributed by atoms with E-state index in [4.69, 9.17) is 5.11 Å². The molecule has 1 aromatic rings. The zero-order valence-corrected chi connectivity index (χ0v) is 10.5. The number of thiophene rings is 1. The maximum Gasteiger partial charge on any atom is 0.314 e. The van der Waals surface area contributed by atoms with Gasteiger partial charge in [-0.05, 0) is 34.5 Å². The van der Waals surface area contributed by atoms with Gasteiger partial charge < -0.3 is 15.7 Å². The molecule has 1 rings (SSSR count). The number of aliphatic hydroxyl groups is 1. The maximum atomic E-state index is 11.1. The standard InChI is InChI=1S/C9H13BrN2O2S/c10-8-2-1-7(15-8)3-4-11-9(14)12-5-6-13/h1-2,13H,3-6H2,(H2,11,12,14). The lowest BCUT2D eigenvalue weighted by Crippen LogP contribution is -2.37. The molecule has 0 aliphatic heterocycles. The van der Waals surface area contributed by atoms with E-state index in [1.807, 2.05) is 12.1 Å². The van der Waals surface area contributed by atoms with Gasteiger partial charge in [0.2, 0.25) is 0 Å². The van der Waals surface area contributed by atoms with Crippen molar-refractivity contribution in [2.75, 3.05) is 19.7 Å². The third kappa shape index (κ3) is 5.15. The van der Waals surface area contributed by atoms with Crippen LogP contribution in [0, 0.1) is 0 Å². The number of hydrogen-bond acceptors (Lipinski definition) is 3.